The molecule has 2 heterocycles. The summed E-state index contributed by atoms with van der Waals surface area (Å²) in [4.78, 5) is 9.15. The van der Waals surface area contributed by atoms with E-state index in [4.69, 9.17) is 15.2 Å². The van der Waals surface area contributed by atoms with Crippen LogP contribution in [0.2, 0.25) is 0 Å². The molecule has 0 aliphatic heterocycles. The van der Waals surface area contributed by atoms with Gasteiger partial charge in [-0.2, -0.15) is 4.98 Å². The van der Waals surface area contributed by atoms with E-state index in [0.29, 0.717) is 23.7 Å². The van der Waals surface area contributed by atoms with Crippen LogP contribution in [0, 0.1) is 19.3 Å². The molecular formula is C23H28N4O. The van der Waals surface area contributed by atoms with Crippen molar-refractivity contribution in [3.63, 3.8) is 0 Å². The summed E-state index contributed by atoms with van der Waals surface area (Å²) in [6.07, 6.45) is 7.93. The zero-order chi connectivity index (χ0) is 19.9. The maximum absolute atomic E-state index is 5.74. The first kappa shape index (κ1) is 18.8. The van der Waals surface area contributed by atoms with E-state index in [2.05, 4.69) is 50.0 Å². The lowest BCUT2D eigenvalue weighted by molar-refractivity contribution is 0.314. The molecule has 5 nitrogen and oxygen atoms in total. The van der Waals surface area contributed by atoms with Gasteiger partial charge in [0.15, 0.2) is 0 Å². The van der Waals surface area contributed by atoms with Crippen LogP contribution in [0.25, 0.3) is 22.8 Å². The molecule has 0 atom stereocenters. The molecular weight excluding hydrogens is 348 g/mol. The third kappa shape index (κ3) is 3.47. The topological polar surface area (TPSA) is 77.8 Å². The van der Waals surface area contributed by atoms with Gasteiger partial charge in [-0.05, 0) is 91.4 Å². The van der Waals surface area contributed by atoms with Crippen LogP contribution in [-0.4, -0.2) is 21.7 Å². The van der Waals surface area contributed by atoms with Crippen molar-refractivity contribution in [1.82, 2.24) is 15.1 Å². The lowest BCUT2D eigenvalue weighted by Gasteiger charge is -2.31. The standard InChI is InChI=1S/C23H28N4O/c1-14-9-16(10-15(2)18(14)6-8-24)21-26-22(28-27-21)20-13-25-12-17-11-23(3,4)7-5-19(17)20/h9-10,12-13H,5-8,11,24H2,1-4H3. The smallest absolute Gasteiger partial charge is 0.260 e. The van der Waals surface area contributed by atoms with Crippen LogP contribution in [0.1, 0.15) is 48.1 Å². The maximum Gasteiger partial charge on any atom is 0.260 e. The van der Waals surface area contributed by atoms with Gasteiger partial charge in [0.2, 0.25) is 5.82 Å². The summed E-state index contributed by atoms with van der Waals surface area (Å²) in [5.41, 5.74) is 14.3. The number of hydrogen-bond acceptors (Lipinski definition) is 5. The first-order valence-corrected chi connectivity index (χ1v) is 9.98. The fourth-order valence-electron chi connectivity index (χ4n) is 4.34. The normalized spacial score (nSPS) is 15.5. The minimum absolute atomic E-state index is 0.313. The lowest BCUT2D eigenvalue weighted by atomic mass is 9.74. The highest BCUT2D eigenvalue weighted by Crippen LogP contribution is 2.38. The largest absolute Gasteiger partial charge is 0.334 e. The van der Waals surface area contributed by atoms with Crippen LogP contribution in [0.5, 0.6) is 0 Å². The molecule has 4 rings (SSSR count). The second kappa shape index (κ2) is 7.13. The predicted molar refractivity (Wildman–Crippen MR) is 111 cm³/mol. The summed E-state index contributed by atoms with van der Waals surface area (Å²) < 4.78 is 5.66. The van der Waals surface area contributed by atoms with Gasteiger partial charge in [0.1, 0.15) is 0 Å². The first-order valence-electron chi connectivity index (χ1n) is 9.98. The van der Waals surface area contributed by atoms with E-state index in [1.54, 1.807) is 0 Å². The predicted octanol–water partition coefficient (Wildman–Crippen LogP) is 4.43. The highest BCUT2D eigenvalue weighted by Gasteiger charge is 2.28. The van der Waals surface area contributed by atoms with E-state index >= 15 is 0 Å². The van der Waals surface area contributed by atoms with Crippen molar-refractivity contribution in [3.05, 3.63) is 52.3 Å². The van der Waals surface area contributed by atoms with E-state index in [1.807, 2.05) is 12.4 Å². The highest BCUT2D eigenvalue weighted by molar-refractivity contribution is 5.65. The third-order valence-corrected chi connectivity index (χ3v) is 5.87. The SMILES string of the molecule is Cc1cc(-c2noc(-c3cncc4c3CCC(C)(C)C4)n2)cc(C)c1CCN. The second-order valence-corrected chi connectivity index (χ2v) is 8.72. The summed E-state index contributed by atoms with van der Waals surface area (Å²) >= 11 is 0. The number of pyridine rings is 1. The molecule has 0 fully saturated rings. The van der Waals surface area contributed by atoms with Gasteiger partial charge in [0, 0.05) is 18.0 Å². The minimum Gasteiger partial charge on any atom is -0.334 e. The molecule has 0 spiro atoms. The summed E-state index contributed by atoms with van der Waals surface area (Å²) in [6, 6.07) is 4.24. The average Bonchev–Trinajstić information content (AvgIpc) is 3.13. The Balaban J connectivity index is 1.70. The Morgan fingerprint density at radius 3 is 2.61 bits per heavy atom. The number of benzene rings is 1. The third-order valence-electron chi connectivity index (χ3n) is 5.87. The fourth-order valence-corrected chi connectivity index (χ4v) is 4.34. The summed E-state index contributed by atoms with van der Waals surface area (Å²) in [5.74, 6) is 1.18. The molecule has 0 bridgehead atoms. The molecule has 0 radical (unpaired) electrons. The molecule has 2 aromatic heterocycles. The molecule has 0 amide bonds. The molecule has 28 heavy (non-hydrogen) atoms. The van der Waals surface area contributed by atoms with Crippen molar-refractivity contribution in [2.45, 2.75) is 53.4 Å². The summed E-state index contributed by atoms with van der Waals surface area (Å²) in [7, 11) is 0. The Labute approximate surface area is 166 Å². The van der Waals surface area contributed by atoms with Gasteiger partial charge in [0.25, 0.3) is 5.89 Å². The monoisotopic (exact) mass is 376 g/mol. The molecule has 0 saturated heterocycles. The molecule has 1 aliphatic carbocycles. The molecule has 146 valence electrons. The zero-order valence-electron chi connectivity index (χ0n) is 17.2. The van der Waals surface area contributed by atoms with E-state index in [9.17, 15) is 0 Å². The zero-order valence-corrected chi connectivity index (χ0v) is 17.2. The lowest BCUT2D eigenvalue weighted by Crippen LogP contribution is -2.22. The van der Waals surface area contributed by atoms with Crippen molar-refractivity contribution in [2.75, 3.05) is 6.54 Å². The van der Waals surface area contributed by atoms with Gasteiger partial charge in [-0.3, -0.25) is 4.98 Å². The van der Waals surface area contributed by atoms with Crippen LogP contribution in [0.15, 0.2) is 29.0 Å². The van der Waals surface area contributed by atoms with Crippen LogP contribution < -0.4 is 5.73 Å². The quantitative estimate of drug-likeness (QED) is 0.729. The number of hydrogen-bond donors (Lipinski definition) is 1. The Kier molecular flexibility index (Phi) is 4.79. The van der Waals surface area contributed by atoms with Gasteiger partial charge in [0.05, 0.1) is 5.56 Å². The van der Waals surface area contributed by atoms with E-state index in [1.165, 1.54) is 27.8 Å². The van der Waals surface area contributed by atoms with Crippen LogP contribution in [-0.2, 0) is 19.3 Å². The Morgan fingerprint density at radius 1 is 1.14 bits per heavy atom. The van der Waals surface area contributed by atoms with E-state index in [0.717, 1.165) is 36.8 Å². The van der Waals surface area contributed by atoms with Crippen LogP contribution in [0.3, 0.4) is 0 Å². The fraction of sp³-hybridized carbons (Fsp3) is 0.435. The van der Waals surface area contributed by atoms with Gasteiger partial charge in [-0.1, -0.05) is 19.0 Å². The number of nitrogens with zero attached hydrogens (tertiary/aromatic N) is 3. The molecule has 0 saturated carbocycles. The van der Waals surface area contributed by atoms with Gasteiger partial charge in [-0.25, -0.2) is 0 Å². The molecule has 1 aromatic carbocycles. The average molecular weight is 377 g/mol. The molecule has 1 aliphatic rings. The Hall–Kier alpha value is -2.53. The molecule has 0 unspecified atom stereocenters. The minimum atomic E-state index is 0.313. The first-order chi connectivity index (χ1) is 13.4. The number of aryl methyl sites for hydroxylation is 2. The van der Waals surface area contributed by atoms with Crippen LogP contribution >= 0.6 is 0 Å². The van der Waals surface area contributed by atoms with E-state index in [-0.39, 0.29) is 0 Å². The maximum atomic E-state index is 5.74. The van der Waals surface area contributed by atoms with Crippen molar-refractivity contribution >= 4 is 0 Å². The number of aromatic nitrogens is 3. The Bertz CT molecular complexity index is 996. The second-order valence-electron chi connectivity index (χ2n) is 8.72. The van der Waals surface area contributed by atoms with Gasteiger partial charge < -0.3 is 10.3 Å². The van der Waals surface area contributed by atoms with Crippen molar-refractivity contribution < 1.29 is 4.52 Å². The van der Waals surface area contributed by atoms with Crippen molar-refractivity contribution in [1.29, 1.82) is 0 Å². The van der Waals surface area contributed by atoms with Gasteiger partial charge >= 0.3 is 0 Å². The number of nitrogens with two attached hydrogens (primary N) is 1. The molecule has 3 aromatic rings. The Morgan fingerprint density at radius 2 is 1.89 bits per heavy atom. The van der Waals surface area contributed by atoms with Crippen LogP contribution in [0.4, 0.5) is 0 Å². The summed E-state index contributed by atoms with van der Waals surface area (Å²) in [5, 5.41) is 4.26. The molecule has 5 heteroatoms. The number of fused-ring (bicyclic) bond motifs is 1. The molecule has 2 N–H and O–H groups in total. The van der Waals surface area contributed by atoms with Gasteiger partial charge in [-0.15, -0.1) is 0 Å². The number of rotatable bonds is 4. The summed E-state index contributed by atoms with van der Waals surface area (Å²) in [6.45, 7) is 9.50. The van der Waals surface area contributed by atoms with Crippen molar-refractivity contribution in [2.24, 2.45) is 11.1 Å². The van der Waals surface area contributed by atoms with Crippen molar-refractivity contribution in [3.8, 4) is 22.8 Å². The van der Waals surface area contributed by atoms with E-state index < -0.39 is 0 Å². The highest BCUT2D eigenvalue weighted by atomic mass is 16.5.